The number of hydrogen-bond donors (Lipinski definition) is 1. The molecule has 82 valence electrons. The number of anilines is 1. The lowest BCUT2D eigenvalue weighted by atomic mass is 10.2. The fourth-order valence-corrected chi connectivity index (χ4v) is 2.39. The summed E-state index contributed by atoms with van der Waals surface area (Å²) in [4.78, 5) is 5.34. The van der Waals surface area contributed by atoms with Gasteiger partial charge >= 0.3 is 0 Å². The first-order valence-corrected chi connectivity index (χ1v) is 5.68. The highest BCUT2D eigenvalue weighted by molar-refractivity contribution is 7.15. The van der Waals surface area contributed by atoms with Gasteiger partial charge in [0.15, 0.2) is 11.5 Å². The summed E-state index contributed by atoms with van der Waals surface area (Å²) in [6.07, 6.45) is 0. The first-order valence-electron chi connectivity index (χ1n) is 4.87. The molecular weight excluding hydrogens is 224 g/mol. The molecular formula is C11H10N2O2S. The van der Waals surface area contributed by atoms with Crippen LogP contribution in [0.5, 0.6) is 11.5 Å². The highest BCUT2D eigenvalue weighted by atomic mass is 32.1. The van der Waals surface area contributed by atoms with E-state index < -0.39 is 0 Å². The van der Waals surface area contributed by atoms with Crippen molar-refractivity contribution in [1.29, 1.82) is 0 Å². The number of rotatable bonds is 1. The number of benzene rings is 1. The summed E-state index contributed by atoms with van der Waals surface area (Å²) < 4.78 is 10.6. The van der Waals surface area contributed by atoms with Crippen LogP contribution in [0.3, 0.4) is 0 Å². The summed E-state index contributed by atoms with van der Waals surface area (Å²) in [5, 5.41) is 0.910. The van der Waals surface area contributed by atoms with Gasteiger partial charge in [-0.25, -0.2) is 4.98 Å². The molecule has 0 spiro atoms. The molecule has 0 atom stereocenters. The lowest BCUT2D eigenvalue weighted by molar-refractivity contribution is 0.174. The van der Waals surface area contributed by atoms with Gasteiger partial charge in [0.05, 0.1) is 0 Å². The predicted molar refractivity (Wildman–Crippen MR) is 62.8 cm³/mol. The molecule has 3 rings (SSSR count). The Bertz CT molecular complexity index is 531. The molecule has 0 radical (unpaired) electrons. The standard InChI is InChI=1S/C11H10N2O2S/c1-6-10(12)13-11(16-6)7-2-3-8-9(4-7)15-5-14-8/h2-4H,5,12H2,1H3. The Hall–Kier alpha value is -1.75. The molecule has 1 aliphatic heterocycles. The Balaban J connectivity index is 2.07. The van der Waals surface area contributed by atoms with Crippen molar-refractivity contribution in [3.8, 4) is 22.1 Å². The van der Waals surface area contributed by atoms with Crippen molar-refractivity contribution in [2.24, 2.45) is 0 Å². The van der Waals surface area contributed by atoms with Gasteiger partial charge in [0, 0.05) is 10.4 Å². The normalized spacial score (nSPS) is 13.1. The van der Waals surface area contributed by atoms with Crippen LogP contribution < -0.4 is 15.2 Å². The number of aromatic nitrogens is 1. The minimum Gasteiger partial charge on any atom is -0.454 e. The molecule has 1 aromatic heterocycles. The van der Waals surface area contributed by atoms with Crippen molar-refractivity contribution in [3.63, 3.8) is 0 Å². The smallest absolute Gasteiger partial charge is 0.231 e. The fraction of sp³-hybridized carbons (Fsp3) is 0.182. The van der Waals surface area contributed by atoms with Crippen LogP contribution in [0.25, 0.3) is 10.6 Å². The van der Waals surface area contributed by atoms with Crippen molar-refractivity contribution in [1.82, 2.24) is 4.98 Å². The van der Waals surface area contributed by atoms with Gasteiger partial charge < -0.3 is 15.2 Å². The van der Waals surface area contributed by atoms with Crippen molar-refractivity contribution >= 4 is 17.2 Å². The minimum absolute atomic E-state index is 0.290. The summed E-state index contributed by atoms with van der Waals surface area (Å²) in [5.74, 6) is 2.14. The number of thiazole rings is 1. The maximum Gasteiger partial charge on any atom is 0.231 e. The van der Waals surface area contributed by atoms with Crippen molar-refractivity contribution in [2.45, 2.75) is 6.92 Å². The molecule has 4 nitrogen and oxygen atoms in total. The van der Waals surface area contributed by atoms with Crippen LogP contribution >= 0.6 is 11.3 Å². The van der Waals surface area contributed by atoms with Gasteiger partial charge in [0.2, 0.25) is 6.79 Å². The molecule has 1 aliphatic rings. The van der Waals surface area contributed by atoms with Gasteiger partial charge in [-0.2, -0.15) is 0 Å². The predicted octanol–water partition coefficient (Wildman–Crippen LogP) is 2.43. The van der Waals surface area contributed by atoms with Crippen molar-refractivity contribution in [3.05, 3.63) is 23.1 Å². The highest BCUT2D eigenvalue weighted by Crippen LogP contribution is 2.37. The molecule has 0 fully saturated rings. The molecule has 5 heteroatoms. The van der Waals surface area contributed by atoms with Crippen LogP contribution in [0.15, 0.2) is 18.2 Å². The fourth-order valence-electron chi connectivity index (χ4n) is 1.56. The molecule has 1 aromatic carbocycles. The van der Waals surface area contributed by atoms with E-state index in [1.165, 1.54) is 0 Å². The number of nitrogens with two attached hydrogens (primary N) is 1. The van der Waals surface area contributed by atoms with Crippen LogP contribution in [0.1, 0.15) is 4.88 Å². The summed E-state index contributed by atoms with van der Waals surface area (Å²) in [7, 11) is 0. The van der Waals surface area contributed by atoms with E-state index in [4.69, 9.17) is 15.2 Å². The second-order valence-corrected chi connectivity index (χ2v) is 4.73. The van der Waals surface area contributed by atoms with E-state index in [-0.39, 0.29) is 6.79 Å². The van der Waals surface area contributed by atoms with Crippen molar-refractivity contribution < 1.29 is 9.47 Å². The van der Waals surface area contributed by atoms with Gasteiger partial charge in [0.1, 0.15) is 10.8 Å². The van der Waals surface area contributed by atoms with E-state index in [1.54, 1.807) is 11.3 Å². The molecule has 0 aliphatic carbocycles. The SMILES string of the molecule is Cc1sc(-c2ccc3c(c2)OCO3)nc1N. The van der Waals surface area contributed by atoms with Crippen LogP contribution in [0.4, 0.5) is 5.82 Å². The zero-order valence-corrected chi connectivity index (χ0v) is 9.50. The summed E-state index contributed by atoms with van der Waals surface area (Å²) in [6, 6.07) is 5.79. The second kappa shape index (κ2) is 3.38. The van der Waals surface area contributed by atoms with Crippen LogP contribution in [0.2, 0.25) is 0 Å². The Labute approximate surface area is 96.6 Å². The maximum atomic E-state index is 5.73. The number of ether oxygens (including phenoxy) is 2. The third-order valence-corrected chi connectivity index (χ3v) is 3.49. The molecule has 0 saturated heterocycles. The Morgan fingerprint density at radius 3 is 2.88 bits per heavy atom. The molecule has 2 heterocycles. The van der Waals surface area contributed by atoms with Crippen molar-refractivity contribution in [2.75, 3.05) is 12.5 Å². The lowest BCUT2D eigenvalue weighted by Crippen LogP contribution is -1.92. The highest BCUT2D eigenvalue weighted by Gasteiger charge is 2.15. The van der Waals surface area contributed by atoms with E-state index >= 15 is 0 Å². The third kappa shape index (κ3) is 1.40. The Morgan fingerprint density at radius 1 is 1.31 bits per heavy atom. The molecule has 2 aromatic rings. The van der Waals surface area contributed by atoms with E-state index in [0.29, 0.717) is 5.82 Å². The van der Waals surface area contributed by atoms with Crippen LogP contribution in [-0.2, 0) is 0 Å². The average Bonchev–Trinajstić information content (AvgIpc) is 2.85. The minimum atomic E-state index is 0.290. The van der Waals surface area contributed by atoms with Gasteiger partial charge in [-0.05, 0) is 25.1 Å². The largest absolute Gasteiger partial charge is 0.454 e. The maximum absolute atomic E-state index is 5.73. The molecule has 16 heavy (non-hydrogen) atoms. The second-order valence-electron chi connectivity index (χ2n) is 3.53. The molecule has 0 unspecified atom stereocenters. The number of fused-ring (bicyclic) bond motifs is 1. The molecule has 0 saturated carbocycles. The van der Waals surface area contributed by atoms with Crippen LogP contribution in [0, 0.1) is 6.92 Å². The lowest BCUT2D eigenvalue weighted by Gasteiger charge is -1.98. The van der Waals surface area contributed by atoms with Gasteiger partial charge in [-0.15, -0.1) is 11.3 Å². The average molecular weight is 234 g/mol. The summed E-state index contributed by atoms with van der Waals surface area (Å²) in [6.45, 7) is 2.25. The molecule has 0 bridgehead atoms. The van der Waals surface area contributed by atoms with Crippen LogP contribution in [-0.4, -0.2) is 11.8 Å². The first kappa shape index (κ1) is 9.47. The topological polar surface area (TPSA) is 57.4 Å². The zero-order valence-electron chi connectivity index (χ0n) is 8.69. The summed E-state index contributed by atoms with van der Waals surface area (Å²) in [5.41, 5.74) is 6.74. The number of nitrogen functional groups attached to an aromatic ring is 1. The Kier molecular flexibility index (Phi) is 2.00. The van der Waals surface area contributed by atoms with Gasteiger partial charge in [0.25, 0.3) is 0 Å². The van der Waals surface area contributed by atoms with E-state index in [0.717, 1.165) is 26.9 Å². The van der Waals surface area contributed by atoms with Gasteiger partial charge in [-0.3, -0.25) is 0 Å². The number of hydrogen-bond acceptors (Lipinski definition) is 5. The number of aryl methyl sites for hydroxylation is 1. The van der Waals surface area contributed by atoms with Gasteiger partial charge in [-0.1, -0.05) is 0 Å². The monoisotopic (exact) mass is 234 g/mol. The van der Waals surface area contributed by atoms with E-state index in [9.17, 15) is 0 Å². The van der Waals surface area contributed by atoms with E-state index in [2.05, 4.69) is 4.98 Å². The molecule has 2 N–H and O–H groups in total. The number of nitrogens with zero attached hydrogens (tertiary/aromatic N) is 1. The third-order valence-electron chi connectivity index (χ3n) is 2.45. The Morgan fingerprint density at radius 2 is 2.12 bits per heavy atom. The molecule has 0 amide bonds. The van der Waals surface area contributed by atoms with E-state index in [1.807, 2.05) is 25.1 Å². The summed E-state index contributed by atoms with van der Waals surface area (Å²) >= 11 is 1.58. The first-order chi connectivity index (χ1) is 7.74. The zero-order chi connectivity index (χ0) is 11.1. The quantitative estimate of drug-likeness (QED) is 0.823.